The zero-order chi connectivity index (χ0) is 37.8. The molecule has 266 valence electrons. The SMILES string of the molecule is CC1(C)c2cc(-c3cc4cccc5c(-c6ccccc6)cc6cccc3c6c45)ccc2-c2cc3c(-c4ccccc4)c4ccccc4c(-c4ccccc4)c3cc21. The van der Waals surface area contributed by atoms with E-state index in [1.165, 1.54) is 121 Å². The number of benzene rings is 11. The third-order valence-corrected chi connectivity index (χ3v) is 13.0. The molecule has 12 rings (SSSR count). The van der Waals surface area contributed by atoms with E-state index in [1.54, 1.807) is 0 Å². The summed E-state index contributed by atoms with van der Waals surface area (Å²) in [7, 11) is 0. The highest BCUT2D eigenvalue weighted by Crippen LogP contribution is 2.54. The molecule has 1 aliphatic carbocycles. The van der Waals surface area contributed by atoms with Gasteiger partial charge in [-0.1, -0.05) is 178 Å². The van der Waals surface area contributed by atoms with Gasteiger partial charge in [0, 0.05) is 5.41 Å². The molecule has 0 aromatic heterocycles. The largest absolute Gasteiger partial charge is 0.0622 e. The maximum absolute atomic E-state index is 2.54. The Labute approximate surface area is 332 Å². The van der Waals surface area contributed by atoms with Crippen molar-refractivity contribution >= 4 is 53.9 Å². The third kappa shape index (κ3) is 4.62. The van der Waals surface area contributed by atoms with E-state index in [2.05, 4.69) is 208 Å². The fraction of sp³-hybridized carbons (Fsp3) is 0.0526. The van der Waals surface area contributed by atoms with E-state index in [1.807, 2.05) is 0 Å². The van der Waals surface area contributed by atoms with Gasteiger partial charge in [0.15, 0.2) is 0 Å². The van der Waals surface area contributed by atoms with Gasteiger partial charge in [-0.15, -0.1) is 0 Å². The van der Waals surface area contributed by atoms with E-state index < -0.39 is 0 Å². The number of hydrogen-bond acceptors (Lipinski definition) is 0. The molecule has 0 unspecified atom stereocenters. The highest BCUT2D eigenvalue weighted by molar-refractivity contribution is 6.29. The van der Waals surface area contributed by atoms with Crippen LogP contribution in [0.3, 0.4) is 0 Å². The number of fused-ring (bicyclic) bond motifs is 5. The molecule has 0 saturated carbocycles. The molecule has 11 aromatic rings. The average molecular weight is 723 g/mol. The second-order valence-corrected chi connectivity index (χ2v) is 16.4. The Morgan fingerprint density at radius 1 is 0.281 bits per heavy atom. The Morgan fingerprint density at radius 2 is 0.737 bits per heavy atom. The molecule has 0 heterocycles. The quantitative estimate of drug-likeness (QED) is 0.125. The van der Waals surface area contributed by atoms with Crippen molar-refractivity contribution in [3.05, 3.63) is 205 Å². The van der Waals surface area contributed by atoms with Crippen molar-refractivity contribution in [1.29, 1.82) is 0 Å². The van der Waals surface area contributed by atoms with Gasteiger partial charge in [-0.3, -0.25) is 0 Å². The van der Waals surface area contributed by atoms with Crippen LogP contribution < -0.4 is 0 Å². The molecule has 0 aliphatic heterocycles. The average Bonchev–Trinajstić information content (AvgIpc) is 3.48. The number of rotatable bonds is 4. The molecule has 1 aliphatic rings. The van der Waals surface area contributed by atoms with Crippen molar-refractivity contribution in [3.63, 3.8) is 0 Å². The van der Waals surface area contributed by atoms with Crippen LogP contribution in [0.25, 0.3) is 109 Å². The fourth-order valence-corrected chi connectivity index (χ4v) is 10.4. The zero-order valence-electron chi connectivity index (χ0n) is 32.0. The van der Waals surface area contributed by atoms with E-state index in [4.69, 9.17) is 0 Å². The molecule has 11 aromatic carbocycles. The van der Waals surface area contributed by atoms with Gasteiger partial charge in [-0.05, 0) is 151 Å². The normalized spacial score (nSPS) is 13.2. The smallest absolute Gasteiger partial charge is 0.0159 e. The predicted octanol–water partition coefficient (Wildman–Crippen LogP) is 15.9. The van der Waals surface area contributed by atoms with Gasteiger partial charge in [0.2, 0.25) is 0 Å². The summed E-state index contributed by atoms with van der Waals surface area (Å²) in [6.07, 6.45) is 0. The summed E-state index contributed by atoms with van der Waals surface area (Å²) in [5, 5.41) is 13.1. The Bertz CT molecular complexity index is 3390. The van der Waals surface area contributed by atoms with Gasteiger partial charge in [0.25, 0.3) is 0 Å². The summed E-state index contributed by atoms with van der Waals surface area (Å²) >= 11 is 0. The maximum atomic E-state index is 2.54. The second kappa shape index (κ2) is 12.0. The Balaban J connectivity index is 1.10. The lowest BCUT2D eigenvalue weighted by atomic mass is 9.79. The van der Waals surface area contributed by atoms with Crippen LogP contribution in [0.4, 0.5) is 0 Å². The van der Waals surface area contributed by atoms with Crippen molar-refractivity contribution in [1.82, 2.24) is 0 Å². The first kappa shape index (κ1) is 32.2. The minimum absolute atomic E-state index is 0.203. The van der Waals surface area contributed by atoms with Crippen molar-refractivity contribution in [2.75, 3.05) is 0 Å². The van der Waals surface area contributed by atoms with E-state index in [0.29, 0.717) is 0 Å². The molecule has 57 heavy (non-hydrogen) atoms. The van der Waals surface area contributed by atoms with Gasteiger partial charge in [0.05, 0.1) is 0 Å². The fourth-order valence-electron chi connectivity index (χ4n) is 10.4. The van der Waals surface area contributed by atoms with Crippen LogP contribution in [0, 0.1) is 0 Å². The van der Waals surface area contributed by atoms with Crippen LogP contribution in [0.1, 0.15) is 25.0 Å². The molecule has 0 amide bonds. The van der Waals surface area contributed by atoms with Gasteiger partial charge < -0.3 is 0 Å². The molecule has 0 saturated heterocycles. The molecule has 0 fully saturated rings. The minimum atomic E-state index is -0.203. The van der Waals surface area contributed by atoms with Crippen LogP contribution in [-0.2, 0) is 5.41 Å². The molecular formula is C57H38. The highest BCUT2D eigenvalue weighted by atomic mass is 14.4. The maximum Gasteiger partial charge on any atom is 0.0159 e. The molecular weight excluding hydrogens is 685 g/mol. The minimum Gasteiger partial charge on any atom is -0.0622 e. The van der Waals surface area contributed by atoms with Crippen molar-refractivity contribution in [2.24, 2.45) is 0 Å². The summed E-state index contributed by atoms with van der Waals surface area (Å²) in [5.41, 5.74) is 15.4. The Kier molecular flexibility index (Phi) is 6.78. The van der Waals surface area contributed by atoms with Crippen LogP contribution >= 0.6 is 0 Å². The molecule has 0 nitrogen and oxygen atoms in total. The van der Waals surface area contributed by atoms with Gasteiger partial charge in [-0.25, -0.2) is 0 Å². The van der Waals surface area contributed by atoms with Crippen LogP contribution in [0.5, 0.6) is 0 Å². The lowest BCUT2D eigenvalue weighted by Gasteiger charge is -2.24. The standard InChI is InChI=1S/C57H38/c1-57(2)51-32-38(47-31-40-23-14-26-44-46(35-16-6-3-7-17-35)30-39-22-15-27-45(47)56(39)55(40)44)28-29-41(51)48-33-49-50(34-52(48)57)54(37-20-10-5-11-21-37)43-25-13-12-24-42(43)53(49)36-18-8-4-9-19-36/h3-34H,1-2H3. The predicted molar refractivity (Wildman–Crippen MR) is 244 cm³/mol. The first-order valence-electron chi connectivity index (χ1n) is 20.1. The van der Waals surface area contributed by atoms with Gasteiger partial charge in [-0.2, -0.15) is 0 Å². The van der Waals surface area contributed by atoms with Gasteiger partial charge >= 0.3 is 0 Å². The topological polar surface area (TPSA) is 0 Å². The summed E-state index contributed by atoms with van der Waals surface area (Å²) in [6.45, 7) is 4.84. The molecule has 0 heteroatoms. The molecule has 0 spiro atoms. The first-order valence-corrected chi connectivity index (χ1v) is 20.1. The second-order valence-electron chi connectivity index (χ2n) is 16.4. The lowest BCUT2D eigenvalue weighted by molar-refractivity contribution is 0.661. The third-order valence-electron chi connectivity index (χ3n) is 13.0. The summed E-state index contributed by atoms with van der Waals surface area (Å²) in [6, 6.07) is 72.6. The molecule has 0 radical (unpaired) electrons. The van der Waals surface area contributed by atoms with E-state index in [9.17, 15) is 0 Å². The zero-order valence-corrected chi connectivity index (χ0v) is 32.0. The van der Waals surface area contributed by atoms with E-state index in [0.717, 1.165) is 0 Å². The summed E-state index contributed by atoms with van der Waals surface area (Å²) in [4.78, 5) is 0. The number of hydrogen-bond donors (Lipinski definition) is 0. The first-order chi connectivity index (χ1) is 28.0. The van der Waals surface area contributed by atoms with Crippen LogP contribution in [0.2, 0.25) is 0 Å². The lowest BCUT2D eigenvalue weighted by Crippen LogP contribution is -2.15. The van der Waals surface area contributed by atoms with E-state index in [-0.39, 0.29) is 5.41 Å². The Hall–Kier alpha value is -7.02. The van der Waals surface area contributed by atoms with E-state index >= 15 is 0 Å². The van der Waals surface area contributed by atoms with Crippen molar-refractivity contribution in [2.45, 2.75) is 19.3 Å². The monoisotopic (exact) mass is 722 g/mol. The Morgan fingerprint density at radius 3 is 1.30 bits per heavy atom. The molecule has 0 N–H and O–H groups in total. The van der Waals surface area contributed by atoms with Crippen LogP contribution in [0.15, 0.2) is 194 Å². The van der Waals surface area contributed by atoms with Gasteiger partial charge in [0.1, 0.15) is 0 Å². The summed E-state index contributed by atoms with van der Waals surface area (Å²) in [5.74, 6) is 0. The van der Waals surface area contributed by atoms with Crippen molar-refractivity contribution in [3.8, 4) is 55.6 Å². The van der Waals surface area contributed by atoms with Crippen molar-refractivity contribution < 1.29 is 0 Å². The molecule has 0 atom stereocenters. The highest BCUT2D eigenvalue weighted by Gasteiger charge is 2.37. The summed E-state index contributed by atoms with van der Waals surface area (Å²) < 4.78 is 0. The van der Waals surface area contributed by atoms with Crippen LogP contribution in [-0.4, -0.2) is 0 Å². The molecule has 0 bridgehead atoms.